The second-order valence-corrected chi connectivity index (χ2v) is 5.19. The Kier molecular flexibility index (Phi) is 4.41. The molecule has 0 aromatic heterocycles. The smallest absolute Gasteiger partial charge is 0.315 e. The van der Waals surface area contributed by atoms with Crippen molar-refractivity contribution in [1.29, 1.82) is 0 Å². The van der Waals surface area contributed by atoms with Gasteiger partial charge in [-0.2, -0.15) is 0 Å². The van der Waals surface area contributed by atoms with Crippen molar-refractivity contribution in [3.63, 3.8) is 0 Å². The fraction of sp³-hybridized carbons (Fsp3) is 0.833. The maximum Gasteiger partial charge on any atom is 0.315 e. The first-order valence-corrected chi connectivity index (χ1v) is 6.65. The molecule has 0 aromatic carbocycles. The molecule has 6 heteroatoms. The maximum absolute atomic E-state index is 11.8. The molecule has 0 aromatic rings. The number of hydrogen-bond acceptors (Lipinski definition) is 3. The molecule has 0 spiro atoms. The molecule has 1 aliphatic heterocycles. The molecule has 0 radical (unpaired) electrons. The van der Waals surface area contributed by atoms with Crippen LogP contribution in [-0.4, -0.2) is 42.3 Å². The summed E-state index contributed by atoms with van der Waals surface area (Å²) in [4.78, 5) is 22.6. The van der Waals surface area contributed by atoms with Crippen LogP contribution < -0.4 is 16.0 Å². The fourth-order valence-corrected chi connectivity index (χ4v) is 2.72. The van der Waals surface area contributed by atoms with E-state index in [1.807, 2.05) is 0 Å². The molecule has 2 rings (SSSR count). The summed E-state index contributed by atoms with van der Waals surface area (Å²) in [6.45, 7) is 1.88. The number of nitrogens with one attached hydrogen (secondary N) is 3. The van der Waals surface area contributed by atoms with Gasteiger partial charge in [-0.3, -0.25) is 4.79 Å². The summed E-state index contributed by atoms with van der Waals surface area (Å²) in [7, 11) is 0. The van der Waals surface area contributed by atoms with Crippen LogP contribution in [0.25, 0.3) is 0 Å². The molecule has 2 atom stereocenters. The molecule has 2 amide bonds. The predicted molar refractivity (Wildman–Crippen MR) is 66.3 cm³/mol. The van der Waals surface area contributed by atoms with Crippen molar-refractivity contribution in [3.05, 3.63) is 0 Å². The Bertz CT molecular complexity index is 316. The monoisotopic (exact) mass is 255 g/mol. The standard InChI is InChI=1S/C12H21N3O3/c16-11(17)8-1-2-10(7-8)15-12(18)14-9-3-5-13-6-4-9/h8-10,13H,1-7H2,(H,16,17)(H2,14,15,18)/t8-,10+/m1/s1. The summed E-state index contributed by atoms with van der Waals surface area (Å²) in [5, 5.41) is 18.0. The van der Waals surface area contributed by atoms with Crippen molar-refractivity contribution >= 4 is 12.0 Å². The van der Waals surface area contributed by atoms with Gasteiger partial charge in [-0.05, 0) is 45.2 Å². The number of rotatable bonds is 3. The number of aliphatic carboxylic acids is 1. The van der Waals surface area contributed by atoms with Gasteiger partial charge in [0.05, 0.1) is 5.92 Å². The molecule has 1 aliphatic carbocycles. The lowest BCUT2D eigenvalue weighted by Crippen LogP contribution is -2.48. The first kappa shape index (κ1) is 13.1. The lowest BCUT2D eigenvalue weighted by Gasteiger charge is -2.24. The molecule has 6 nitrogen and oxygen atoms in total. The summed E-state index contributed by atoms with van der Waals surface area (Å²) in [5.41, 5.74) is 0. The minimum atomic E-state index is -0.752. The van der Waals surface area contributed by atoms with Crippen molar-refractivity contribution in [1.82, 2.24) is 16.0 Å². The number of urea groups is 1. The SMILES string of the molecule is O=C(NC1CCNCC1)N[C@H]1CC[C@@H](C(=O)O)C1. The summed E-state index contributed by atoms with van der Waals surface area (Å²) >= 11 is 0. The van der Waals surface area contributed by atoms with E-state index in [2.05, 4.69) is 16.0 Å². The highest BCUT2D eigenvalue weighted by Gasteiger charge is 2.30. The molecule has 18 heavy (non-hydrogen) atoms. The normalized spacial score (nSPS) is 28.9. The van der Waals surface area contributed by atoms with Crippen molar-refractivity contribution in [2.75, 3.05) is 13.1 Å². The first-order valence-electron chi connectivity index (χ1n) is 6.65. The van der Waals surface area contributed by atoms with E-state index in [0.717, 1.165) is 32.4 Å². The Balaban J connectivity index is 1.69. The third kappa shape index (κ3) is 3.60. The molecule has 2 fully saturated rings. The van der Waals surface area contributed by atoms with Gasteiger partial charge in [0.1, 0.15) is 0 Å². The van der Waals surface area contributed by atoms with Gasteiger partial charge in [-0.1, -0.05) is 0 Å². The highest BCUT2D eigenvalue weighted by Crippen LogP contribution is 2.25. The van der Waals surface area contributed by atoms with E-state index in [9.17, 15) is 9.59 Å². The number of hydrogen-bond donors (Lipinski definition) is 4. The van der Waals surface area contributed by atoms with Crippen molar-refractivity contribution < 1.29 is 14.7 Å². The Labute approximate surface area is 107 Å². The number of carboxylic acid groups (broad SMARTS) is 1. The number of amides is 2. The number of carbonyl (C=O) groups is 2. The summed E-state index contributed by atoms with van der Waals surface area (Å²) in [6, 6.07) is 0.0914. The predicted octanol–water partition coefficient (Wildman–Crippen LogP) is 0.291. The van der Waals surface area contributed by atoms with Gasteiger partial charge in [0.2, 0.25) is 0 Å². The number of piperidine rings is 1. The van der Waals surface area contributed by atoms with Crippen LogP contribution in [0.2, 0.25) is 0 Å². The van der Waals surface area contributed by atoms with Gasteiger partial charge in [0.15, 0.2) is 0 Å². The van der Waals surface area contributed by atoms with Crippen LogP contribution >= 0.6 is 0 Å². The molecule has 1 saturated carbocycles. The van der Waals surface area contributed by atoms with E-state index in [0.29, 0.717) is 12.8 Å². The van der Waals surface area contributed by atoms with Crippen LogP contribution in [0.15, 0.2) is 0 Å². The van der Waals surface area contributed by atoms with Gasteiger partial charge in [0.25, 0.3) is 0 Å². The average Bonchev–Trinajstić information content (AvgIpc) is 2.78. The van der Waals surface area contributed by atoms with E-state index in [-0.39, 0.29) is 24.0 Å². The average molecular weight is 255 g/mol. The molecular weight excluding hydrogens is 234 g/mol. The molecule has 102 valence electrons. The van der Waals surface area contributed by atoms with Crippen molar-refractivity contribution in [3.8, 4) is 0 Å². The zero-order valence-electron chi connectivity index (χ0n) is 10.4. The summed E-state index contributed by atoms with van der Waals surface area (Å²) < 4.78 is 0. The van der Waals surface area contributed by atoms with Crippen molar-refractivity contribution in [2.45, 2.75) is 44.2 Å². The Hall–Kier alpha value is -1.30. The van der Waals surface area contributed by atoms with E-state index in [4.69, 9.17) is 5.11 Å². The van der Waals surface area contributed by atoms with E-state index in [1.165, 1.54) is 0 Å². The van der Waals surface area contributed by atoms with Gasteiger partial charge in [-0.25, -0.2) is 4.79 Å². The van der Waals surface area contributed by atoms with Crippen LogP contribution in [0.4, 0.5) is 4.79 Å². The van der Waals surface area contributed by atoms with E-state index in [1.54, 1.807) is 0 Å². The Morgan fingerprint density at radius 2 is 1.67 bits per heavy atom. The summed E-state index contributed by atoms with van der Waals surface area (Å²) in [5.74, 6) is -1.05. The second kappa shape index (κ2) is 6.04. The lowest BCUT2D eigenvalue weighted by molar-refractivity contribution is -0.141. The molecule has 1 heterocycles. The van der Waals surface area contributed by atoms with Crippen LogP contribution in [0.1, 0.15) is 32.1 Å². The van der Waals surface area contributed by atoms with E-state index >= 15 is 0 Å². The van der Waals surface area contributed by atoms with Crippen LogP contribution in [0, 0.1) is 5.92 Å². The minimum absolute atomic E-state index is 0.00724. The number of carboxylic acids is 1. The highest BCUT2D eigenvalue weighted by molar-refractivity contribution is 5.75. The van der Waals surface area contributed by atoms with Crippen LogP contribution in [0.5, 0.6) is 0 Å². The minimum Gasteiger partial charge on any atom is -0.481 e. The highest BCUT2D eigenvalue weighted by atomic mass is 16.4. The van der Waals surface area contributed by atoms with E-state index < -0.39 is 5.97 Å². The van der Waals surface area contributed by atoms with Gasteiger partial charge < -0.3 is 21.1 Å². The zero-order chi connectivity index (χ0) is 13.0. The summed E-state index contributed by atoms with van der Waals surface area (Å²) in [6.07, 6.45) is 3.88. The quantitative estimate of drug-likeness (QED) is 0.583. The van der Waals surface area contributed by atoms with Crippen molar-refractivity contribution in [2.24, 2.45) is 5.92 Å². The topological polar surface area (TPSA) is 90.5 Å². The lowest BCUT2D eigenvalue weighted by atomic mass is 10.1. The van der Waals surface area contributed by atoms with Gasteiger partial charge >= 0.3 is 12.0 Å². The molecule has 4 N–H and O–H groups in total. The maximum atomic E-state index is 11.8. The van der Waals surface area contributed by atoms with Gasteiger partial charge in [-0.15, -0.1) is 0 Å². The third-order valence-electron chi connectivity index (χ3n) is 3.79. The zero-order valence-corrected chi connectivity index (χ0v) is 10.4. The molecule has 2 aliphatic rings. The van der Waals surface area contributed by atoms with Crippen LogP contribution in [-0.2, 0) is 4.79 Å². The molecular formula is C12H21N3O3. The Morgan fingerprint density at radius 3 is 2.28 bits per heavy atom. The fourth-order valence-electron chi connectivity index (χ4n) is 2.72. The third-order valence-corrected chi connectivity index (χ3v) is 3.79. The molecule has 1 saturated heterocycles. The number of carbonyl (C=O) groups excluding carboxylic acids is 1. The molecule has 0 bridgehead atoms. The Morgan fingerprint density at radius 1 is 1.00 bits per heavy atom. The van der Waals surface area contributed by atoms with Crippen LogP contribution in [0.3, 0.4) is 0 Å². The second-order valence-electron chi connectivity index (χ2n) is 5.19. The largest absolute Gasteiger partial charge is 0.481 e. The molecule has 0 unspecified atom stereocenters. The first-order chi connectivity index (χ1) is 8.65. The van der Waals surface area contributed by atoms with Gasteiger partial charge in [0, 0.05) is 12.1 Å².